The third-order valence-electron chi connectivity index (χ3n) is 5.37. The van der Waals surface area contributed by atoms with Crippen LogP contribution < -0.4 is 4.74 Å². The molecule has 6 nitrogen and oxygen atoms in total. The van der Waals surface area contributed by atoms with Crippen LogP contribution in [-0.2, 0) is 19.9 Å². The normalized spacial score (nSPS) is 10.8. The molecule has 2 heterocycles. The van der Waals surface area contributed by atoms with E-state index in [1.165, 1.54) is 12.1 Å². The molecular formula is C25H29FN4O2. The van der Waals surface area contributed by atoms with E-state index < -0.39 is 0 Å². The summed E-state index contributed by atoms with van der Waals surface area (Å²) in [7, 11) is 3.51. The lowest BCUT2D eigenvalue weighted by Gasteiger charge is -2.19. The lowest BCUT2D eigenvalue weighted by molar-refractivity contribution is 0.0762. The molecule has 2 aromatic heterocycles. The zero-order valence-electron chi connectivity index (χ0n) is 19.1. The maximum absolute atomic E-state index is 14.0. The van der Waals surface area contributed by atoms with Crippen molar-refractivity contribution in [3.05, 3.63) is 77.5 Å². The van der Waals surface area contributed by atoms with Crippen molar-refractivity contribution < 1.29 is 13.9 Å². The van der Waals surface area contributed by atoms with Gasteiger partial charge in [0, 0.05) is 31.4 Å². The molecular weight excluding hydrogens is 407 g/mol. The first-order valence-electron chi connectivity index (χ1n) is 10.6. The van der Waals surface area contributed by atoms with Gasteiger partial charge in [-0.3, -0.25) is 14.5 Å². The van der Waals surface area contributed by atoms with Gasteiger partial charge in [0.15, 0.2) is 0 Å². The molecule has 0 saturated carbocycles. The topological polar surface area (TPSA) is 60.2 Å². The summed E-state index contributed by atoms with van der Waals surface area (Å²) in [5, 5.41) is 4.42. The SMILES string of the molecule is C=CCc1ccnc(-c2cc(F)ccc2OCCN(C)C(=O)c2c(C)c(CC)nn2C)c1. The van der Waals surface area contributed by atoms with Crippen LogP contribution in [0, 0.1) is 12.7 Å². The molecule has 168 valence electrons. The first-order chi connectivity index (χ1) is 15.3. The number of aryl methyl sites for hydroxylation is 2. The Kier molecular flexibility index (Phi) is 7.41. The van der Waals surface area contributed by atoms with Crippen molar-refractivity contribution in [1.29, 1.82) is 0 Å². The molecule has 0 aliphatic rings. The number of carbonyl (C=O) groups excluding carboxylic acids is 1. The van der Waals surface area contributed by atoms with Gasteiger partial charge in [-0.25, -0.2) is 4.39 Å². The second kappa shape index (κ2) is 10.2. The molecule has 0 bridgehead atoms. The molecule has 0 fully saturated rings. The summed E-state index contributed by atoms with van der Waals surface area (Å²) in [6.07, 6.45) is 4.97. The Labute approximate surface area is 188 Å². The van der Waals surface area contributed by atoms with Gasteiger partial charge in [-0.1, -0.05) is 13.0 Å². The van der Waals surface area contributed by atoms with Crippen LogP contribution in [0.25, 0.3) is 11.3 Å². The minimum Gasteiger partial charge on any atom is -0.491 e. The van der Waals surface area contributed by atoms with Gasteiger partial charge in [0.2, 0.25) is 0 Å². The average molecular weight is 437 g/mol. The van der Waals surface area contributed by atoms with E-state index in [0.29, 0.717) is 35.7 Å². The zero-order valence-corrected chi connectivity index (χ0v) is 19.1. The van der Waals surface area contributed by atoms with Crippen molar-refractivity contribution in [2.45, 2.75) is 26.7 Å². The van der Waals surface area contributed by atoms with Crippen LogP contribution in [0.15, 0.2) is 49.2 Å². The fraction of sp³-hybridized carbons (Fsp3) is 0.320. The third kappa shape index (κ3) is 5.04. The number of benzene rings is 1. The van der Waals surface area contributed by atoms with Gasteiger partial charge >= 0.3 is 0 Å². The standard InChI is InChI=1S/C25H29FN4O2/c1-6-8-18-11-12-27-22(15-18)20-16-19(26)9-10-23(20)32-14-13-29(4)25(31)24-17(3)21(7-2)28-30(24)5/h6,9-12,15-16H,1,7-8,13-14H2,2-5H3. The summed E-state index contributed by atoms with van der Waals surface area (Å²) in [6, 6.07) is 8.15. The van der Waals surface area contributed by atoms with E-state index in [2.05, 4.69) is 16.7 Å². The Morgan fingerprint density at radius 2 is 2.09 bits per heavy atom. The Morgan fingerprint density at radius 3 is 2.78 bits per heavy atom. The molecule has 1 amide bonds. The van der Waals surface area contributed by atoms with Crippen LogP contribution in [-0.4, -0.2) is 45.8 Å². The first kappa shape index (κ1) is 23.2. The summed E-state index contributed by atoms with van der Waals surface area (Å²) in [5.41, 5.74) is 4.63. The summed E-state index contributed by atoms with van der Waals surface area (Å²) in [5.74, 6) is 0.0355. The predicted molar refractivity (Wildman–Crippen MR) is 123 cm³/mol. The van der Waals surface area contributed by atoms with Gasteiger partial charge in [-0.15, -0.1) is 6.58 Å². The van der Waals surface area contributed by atoms with Gasteiger partial charge in [0.25, 0.3) is 5.91 Å². The molecule has 3 aromatic rings. The number of hydrogen-bond acceptors (Lipinski definition) is 4. The fourth-order valence-corrected chi connectivity index (χ4v) is 3.64. The highest BCUT2D eigenvalue weighted by molar-refractivity contribution is 5.94. The molecule has 0 atom stereocenters. The van der Waals surface area contributed by atoms with Gasteiger partial charge in [0.1, 0.15) is 23.9 Å². The Bertz CT molecular complexity index is 1120. The van der Waals surface area contributed by atoms with Gasteiger partial charge in [-0.05, 0) is 55.7 Å². The number of nitrogens with zero attached hydrogens (tertiary/aromatic N) is 4. The number of hydrogen-bond donors (Lipinski definition) is 0. The number of rotatable bonds is 9. The maximum atomic E-state index is 14.0. The molecule has 0 aliphatic heterocycles. The highest BCUT2D eigenvalue weighted by atomic mass is 19.1. The quantitative estimate of drug-likeness (QED) is 0.468. The van der Waals surface area contributed by atoms with Crippen molar-refractivity contribution in [2.75, 3.05) is 20.2 Å². The van der Waals surface area contributed by atoms with E-state index in [1.54, 1.807) is 35.9 Å². The smallest absolute Gasteiger partial charge is 0.272 e. The van der Waals surface area contributed by atoms with E-state index in [-0.39, 0.29) is 18.3 Å². The van der Waals surface area contributed by atoms with Crippen LogP contribution in [0.3, 0.4) is 0 Å². The summed E-state index contributed by atoms with van der Waals surface area (Å²) in [4.78, 5) is 18.9. The summed E-state index contributed by atoms with van der Waals surface area (Å²) in [6.45, 7) is 8.31. The molecule has 0 aliphatic carbocycles. The van der Waals surface area contributed by atoms with Crippen molar-refractivity contribution >= 4 is 5.91 Å². The molecule has 1 aromatic carbocycles. The Morgan fingerprint density at radius 1 is 1.31 bits per heavy atom. The number of likely N-dealkylation sites (N-methyl/N-ethyl adjacent to an activating group) is 1. The molecule has 7 heteroatoms. The number of allylic oxidation sites excluding steroid dienone is 1. The lowest BCUT2D eigenvalue weighted by Crippen LogP contribution is -2.32. The number of carbonyl (C=O) groups is 1. The number of ether oxygens (including phenoxy) is 1. The number of pyridine rings is 1. The van der Waals surface area contributed by atoms with E-state index in [0.717, 1.165) is 23.2 Å². The predicted octanol–water partition coefficient (Wildman–Crippen LogP) is 4.37. The molecule has 0 spiro atoms. The van der Waals surface area contributed by atoms with E-state index in [1.807, 2.05) is 32.1 Å². The van der Waals surface area contributed by atoms with E-state index in [4.69, 9.17) is 4.74 Å². The van der Waals surface area contributed by atoms with Gasteiger partial charge < -0.3 is 9.64 Å². The van der Waals surface area contributed by atoms with Crippen LogP contribution in [0.5, 0.6) is 5.75 Å². The van der Waals surface area contributed by atoms with Crippen LogP contribution >= 0.6 is 0 Å². The molecule has 0 radical (unpaired) electrons. The molecule has 0 saturated heterocycles. The van der Waals surface area contributed by atoms with Gasteiger partial charge in [0.05, 0.1) is 17.9 Å². The second-order valence-corrected chi connectivity index (χ2v) is 7.66. The van der Waals surface area contributed by atoms with Gasteiger partial charge in [-0.2, -0.15) is 5.10 Å². The molecule has 0 N–H and O–H groups in total. The van der Waals surface area contributed by atoms with Crippen LogP contribution in [0.4, 0.5) is 4.39 Å². The Balaban J connectivity index is 1.73. The number of amides is 1. The highest BCUT2D eigenvalue weighted by Crippen LogP contribution is 2.30. The minimum atomic E-state index is -0.367. The van der Waals surface area contributed by atoms with E-state index in [9.17, 15) is 9.18 Å². The second-order valence-electron chi connectivity index (χ2n) is 7.66. The highest BCUT2D eigenvalue weighted by Gasteiger charge is 2.21. The molecule has 0 unspecified atom stereocenters. The largest absolute Gasteiger partial charge is 0.491 e. The fourth-order valence-electron chi connectivity index (χ4n) is 3.64. The molecule has 3 rings (SSSR count). The summed E-state index contributed by atoms with van der Waals surface area (Å²) < 4.78 is 21.6. The van der Waals surface area contributed by atoms with E-state index >= 15 is 0 Å². The van der Waals surface area contributed by atoms with Crippen LogP contribution in [0.2, 0.25) is 0 Å². The maximum Gasteiger partial charge on any atom is 0.272 e. The Hall–Kier alpha value is -3.48. The minimum absolute atomic E-state index is 0.112. The van der Waals surface area contributed by atoms with Crippen molar-refractivity contribution in [3.63, 3.8) is 0 Å². The number of halogens is 1. The molecule has 32 heavy (non-hydrogen) atoms. The lowest BCUT2D eigenvalue weighted by atomic mass is 10.1. The first-order valence-corrected chi connectivity index (χ1v) is 10.6. The summed E-state index contributed by atoms with van der Waals surface area (Å²) >= 11 is 0. The zero-order chi connectivity index (χ0) is 23.3. The van der Waals surface area contributed by atoms with Crippen molar-refractivity contribution in [3.8, 4) is 17.0 Å². The van der Waals surface area contributed by atoms with Crippen molar-refractivity contribution in [2.24, 2.45) is 7.05 Å². The average Bonchev–Trinajstić information content (AvgIpc) is 3.07. The number of aromatic nitrogens is 3. The van der Waals surface area contributed by atoms with Crippen LogP contribution in [0.1, 0.15) is 34.2 Å². The monoisotopic (exact) mass is 436 g/mol. The van der Waals surface area contributed by atoms with Crippen molar-refractivity contribution in [1.82, 2.24) is 19.7 Å². The third-order valence-corrected chi connectivity index (χ3v) is 5.37.